The molecule has 5 rings (SSSR count). The number of hydrogen-bond acceptors (Lipinski definition) is 7. The first kappa shape index (κ1) is 26.7. The van der Waals surface area contributed by atoms with Crippen molar-refractivity contribution in [2.24, 2.45) is 0 Å². The Labute approximate surface area is 225 Å². The van der Waals surface area contributed by atoms with Crippen molar-refractivity contribution >= 4 is 11.9 Å². The van der Waals surface area contributed by atoms with E-state index in [0.29, 0.717) is 26.2 Å². The highest BCUT2D eigenvalue weighted by Gasteiger charge is 2.35. The maximum atomic E-state index is 13.1. The highest BCUT2D eigenvalue weighted by atomic mass is 16.5. The van der Waals surface area contributed by atoms with E-state index in [1.165, 1.54) is 5.56 Å². The summed E-state index contributed by atoms with van der Waals surface area (Å²) in [4.78, 5) is 29.8. The first-order valence-electron chi connectivity index (χ1n) is 14.1. The number of ether oxygens (including phenoxy) is 2. The van der Waals surface area contributed by atoms with Gasteiger partial charge in [0.1, 0.15) is 23.9 Å². The summed E-state index contributed by atoms with van der Waals surface area (Å²) in [7, 11) is 0. The average molecular weight is 521 g/mol. The number of nitrogens with zero attached hydrogens (tertiary/aromatic N) is 2. The number of hydrazine groups is 1. The first-order valence-corrected chi connectivity index (χ1v) is 14.1. The van der Waals surface area contributed by atoms with Crippen LogP contribution in [0.5, 0.6) is 5.75 Å². The van der Waals surface area contributed by atoms with Gasteiger partial charge in [-0.05, 0) is 56.0 Å². The highest BCUT2D eigenvalue weighted by Crippen LogP contribution is 2.26. The quantitative estimate of drug-likeness (QED) is 0.515. The molecule has 3 fully saturated rings. The Bertz CT molecular complexity index is 1070. The molecule has 3 saturated heterocycles. The van der Waals surface area contributed by atoms with Crippen LogP contribution in [0.25, 0.3) is 0 Å². The standard InChI is InChI=1S/C30H40N4O4/c1-2-37-30(36)28-13-6-7-16-34(28)21-22-9-8-12-25(19-22)38-24-14-17-33(18-15-24)29(35)27-20-26(31-32-27)23-10-4-3-5-11-23/h3-5,8-12,19,24,26-28,31-32H,2,6-7,13-18,20-21H2,1H3. The number of likely N-dealkylation sites (tertiary alicyclic amines) is 2. The fourth-order valence-electron chi connectivity index (χ4n) is 5.87. The Kier molecular flexibility index (Phi) is 8.94. The number of benzene rings is 2. The lowest BCUT2D eigenvalue weighted by Gasteiger charge is -2.34. The third-order valence-electron chi connectivity index (χ3n) is 7.92. The molecule has 3 unspecified atom stereocenters. The number of amides is 1. The van der Waals surface area contributed by atoms with Gasteiger partial charge in [-0.1, -0.05) is 48.9 Å². The van der Waals surface area contributed by atoms with Gasteiger partial charge in [0.25, 0.3) is 0 Å². The van der Waals surface area contributed by atoms with Gasteiger partial charge in [0.05, 0.1) is 6.61 Å². The molecule has 0 aliphatic carbocycles. The largest absolute Gasteiger partial charge is 0.490 e. The SMILES string of the molecule is CCOC(=O)C1CCCCN1Cc1cccc(OC2CCN(C(=O)C3CC(c4ccccc4)NN3)CC2)c1. The Morgan fingerprint density at radius 3 is 2.55 bits per heavy atom. The van der Waals surface area contributed by atoms with Gasteiger partial charge in [-0.15, -0.1) is 0 Å². The van der Waals surface area contributed by atoms with E-state index in [-0.39, 0.29) is 36.1 Å². The Morgan fingerprint density at radius 2 is 1.76 bits per heavy atom. The Balaban J connectivity index is 1.10. The smallest absolute Gasteiger partial charge is 0.323 e. The summed E-state index contributed by atoms with van der Waals surface area (Å²) in [5.41, 5.74) is 8.82. The summed E-state index contributed by atoms with van der Waals surface area (Å²) in [6.07, 6.45) is 5.48. The molecule has 0 saturated carbocycles. The molecule has 3 heterocycles. The van der Waals surface area contributed by atoms with Crippen LogP contribution in [0.15, 0.2) is 54.6 Å². The molecule has 3 atom stereocenters. The lowest BCUT2D eigenvalue weighted by atomic mass is 10.0. The van der Waals surface area contributed by atoms with Crippen molar-refractivity contribution < 1.29 is 19.1 Å². The second kappa shape index (κ2) is 12.7. The van der Waals surface area contributed by atoms with E-state index in [1.807, 2.05) is 42.2 Å². The van der Waals surface area contributed by atoms with Crippen LogP contribution in [0.3, 0.4) is 0 Å². The first-order chi connectivity index (χ1) is 18.6. The van der Waals surface area contributed by atoms with E-state index >= 15 is 0 Å². The van der Waals surface area contributed by atoms with E-state index in [0.717, 1.165) is 56.4 Å². The molecular weight excluding hydrogens is 480 g/mol. The molecule has 8 nitrogen and oxygen atoms in total. The van der Waals surface area contributed by atoms with E-state index < -0.39 is 0 Å². The molecule has 0 bridgehead atoms. The molecule has 3 aliphatic heterocycles. The van der Waals surface area contributed by atoms with Crippen molar-refractivity contribution in [2.75, 3.05) is 26.2 Å². The number of carbonyl (C=O) groups is 2. The van der Waals surface area contributed by atoms with Crippen molar-refractivity contribution in [3.8, 4) is 5.75 Å². The number of nitrogens with one attached hydrogen (secondary N) is 2. The molecule has 2 N–H and O–H groups in total. The molecule has 0 radical (unpaired) electrons. The zero-order chi connectivity index (χ0) is 26.3. The van der Waals surface area contributed by atoms with Gasteiger partial charge < -0.3 is 14.4 Å². The lowest BCUT2D eigenvalue weighted by molar-refractivity contribution is -0.151. The molecule has 1 amide bonds. The summed E-state index contributed by atoms with van der Waals surface area (Å²) < 4.78 is 11.7. The molecule has 3 aliphatic rings. The number of piperidine rings is 2. The number of hydrogen-bond donors (Lipinski definition) is 2. The van der Waals surface area contributed by atoms with Crippen LogP contribution in [-0.4, -0.2) is 66.1 Å². The van der Waals surface area contributed by atoms with Crippen LogP contribution in [0.2, 0.25) is 0 Å². The predicted molar refractivity (Wildman–Crippen MR) is 145 cm³/mol. The van der Waals surface area contributed by atoms with Crippen molar-refractivity contribution in [3.63, 3.8) is 0 Å². The molecule has 0 spiro atoms. The van der Waals surface area contributed by atoms with Gasteiger partial charge in [0, 0.05) is 38.5 Å². The predicted octanol–water partition coefficient (Wildman–Crippen LogP) is 3.58. The van der Waals surface area contributed by atoms with Gasteiger partial charge >= 0.3 is 5.97 Å². The minimum atomic E-state index is -0.206. The monoisotopic (exact) mass is 520 g/mol. The van der Waals surface area contributed by atoms with Crippen LogP contribution in [0.1, 0.15) is 62.6 Å². The van der Waals surface area contributed by atoms with Crippen LogP contribution in [0.4, 0.5) is 0 Å². The third-order valence-corrected chi connectivity index (χ3v) is 7.92. The maximum absolute atomic E-state index is 13.1. The summed E-state index contributed by atoms with van der Waals surface area (Å²) in [5, 5.41) is 0. The van der Waals surface area contributed by atoms with Gasteiger partial charge in [-0.2, -0.15) is 0 Å². The van der Waals surface area contributed by atoms with Crippen molar-refractivity contribution in [1.29, 1.82) is 0 Å². The molecule has 8 heteroatoms. The highest BCUT2D eigenvalue weighted by molar-refractivity contribution is 5.82. The van der Waals surface area contributed by atoms with Gasteiger partial charge in [-0.3, -0.25) is 14.5 Å². The van der Waals surface area contributed by atoms with Crippen LogP contribution < -0.4 is 15.6 Å². The van der Waals surface area contributed by atoms with E-state index in [4.69, 9.17) is 9.47 Å². The van der Waals surface area contributed by atoms with Crippen LogP contribution in [0, 0.1) is 0 Å². The number of esters is 1. The van der Waals surface area contributed by atoms with Gasteiger partial charge in [-0.25, -0.2) is 10.9 Å². The van der Waals surface area contributed by atoms with Crippen LogP contribution >= 0.6 is 0 Å². The summed E-state index contributed by atoms with van der Waals surface area (Å²) in [5.74, 6) is 0.901. The topological polar surface area (TPSA) is 83.1 Å². The minimum absolute atomic E-state index is 0.0864. The number of rotatable bonds is 8. The molecule has 38 heavy (non-hydrogen) atoms. The third kappa shape index (κ3) is 6.54. The average Bonchev–Trinajstić information content (AvgIpc) is 3.45. The molecule has 0 aromatic heterocycles. The molecule has 204 valence electrons. The second-order valence-electron chi connectivity index (χ2n) is 10.6. The van der Waals surface area contributed by atoms with E-state index in [1.54, 1.807) is 0 Å². The fraction of sp³-hybridized carbons (Fsp3) is 0.533. The Hall–Kier alpha value is -2.94. The number of carbonyl (C=O) groups excluding carboxylic acids is 2. The normalized spacial score (nSPS) is 24.8. The summed E-state index contributed by atoms with van der Waals surface area (Å²) in [6.45, 7) is 5.28. The van der Waals surface area contributed by atoms with Crippen molar-refractivity contribution in [1.82, 2.24) is 20.7 Å². The summed E-state index contributed by atoms with van der Waals surface area (Å²) in [6, 6.07) is 18.2. The van der Waals surface area contributed by atoms with Gasteiger partial charge in [0.2, 0.25) is 5.91 Å². The molecule has 2 aromatic carbocycles. The maximum Gasteiger partial charge on any atom is 0.323 e. The van der Waals surface area contributed by atoms with Gasteiger partial charge in [0.15, 0.2) is 0 Å². The van der Waals surface area contributed by atoms with Crippen molar-refractivity contribution in [3.05, 3.63) is 65.7 Å². The zero-order valence-electron chi connectivity index (χ0n) is 22.3. The lowest BCUT2D eigenvalue weighted by Crippen LogP contribution is -2.49. The van der Waals surface area contributed by atoms with E-state index in [9.17, 15) is 9.59 Å². The van der Waals surface area contributed by atoms with E-state index in [2.05, 4.69) is 40.0 Å². The van der Waals surface area contributed by atoms with Crippen molar-refractivity contribution in [2.45, 2.75) is 76.2 Å². The summed E-state index contributed by atoms with van der Waals surface area (Å²) >= 11 is 0. The van der Waals surface area contributed by atoms with Crippen LogP contribution in [-0.2, 0) is 20.9 Å². The molecular formula is C30H40N4O4. The zero-order valence-corrected chi connectivity index (χ0v) is 22.3. The minimum Gasteiger partial charge on any atom is -0.490 e. The fourth-order valence-corrected chi connectivity index (χ4v) is 5.87. The molecule has 2 aromatic rings. The second-order valence-corrected chi connectivity index (χ2v) is 10.6. The Morgan fingerprint density at radius 1 is 0.947 bits per heavy atom.